The Hall–Kier alpha value is -3.10. The molecule has 0 aliphatic rings. The molecule has 2 rings (SSSR count). The van der Waals surface area contributed by atoms with Crippen molar-refractivity contribution in [2.75, 3.05) is 0 Å². The number of aliphatic hydroxyl groups is 1. The van der Waals surface area contributed by atoms with Gasteiger partial charge in [-0.1, -0.05) is 60.7 Å². The van der Waals surface area contributed by atoms with Gasteiger partial charge in [0.15, 0.2) is 0 Å². The molecule has 5 heteroatoms. The predicted molar refractivity (Wildman–Crippen MR) is 109 cm³/mol. The molecule has 2 aromatic carbocycles. The Bertz CT molecular complexity index is 810. The molecule has 0 radical (unpaired) electrons. The van der Waals surface area contributed by atoms with E-state index in [1.165, 1.54) is 0 Å². The summed E-state index contributed by atoms with van der Waals surface area (Å²) < 4.78 is 10.4. The van der Waals surface area contributed by atoms with Crippen LogP contribution in [0.3, 0.4) is 0 Å². The van der Waals surface area contributed by atoms with E-state index >= 15 is 0 Å². The molecule has 1 unspecified atom stereocenters. The van der Waals surface area contributed by atoms with E-state index in [0.29, 0.717) is 6.42 Å². The van der Waals surface area contributed by atoms with Crippen LogP contribution in [0, 0.1) is 12.3 Å². The van der Waals surface area contributed by atoms with Crippen LogP contribution in [0.4, 0.5) is 0 Å². The minimum Gasteiger partial charge on any atom is -0.461 e. The molecule has 0 heterocycles. The SMILES string of the molecule is C#CCC(O)(CCCC(=O)OCc1ccccc1)CC(=O)OCc1ccccc1. The van der Waals surface area contributed by atoms with Crippen LogP contribution >= 0.6 is 0 Å². The van der Waals surface area contributed by atoms with Crippen LogP contribution in [0.1, 0.15) is 43.2 Å². The minimum atomic E-state index is -1.40. The van der Waals surface area contributed by atoms with Crippen molar-refractivity contribution in [2.45, 2.75) is 50.9 Å². The zero-order valence-corrected chi connectivity index (χ0v) is 16.4. The lowest BCUT2D eigenvalue weighted by Gasteiger charge is -2.25. The van der Waals surface area contributed by atoms with Gasteiger partial charge in [-0.15, -0.1) is 12.3 Å². The molecular formula is C24H26O5. The van der Waals surface area contributed by atoms with Gasteiger partial charge in [0, 0.05) is 12.8 Å². The molecule has 0 aliphatic carbocycles. The summed E-state index contributed by atoms with van der Waals surface area (Å²) in [6.45, 7) is 0.345. The first-order chi connectivity index (χ1) is 14.0. The first kappa shape index (κ1) is 22.2. The van der Waals surface area contributed by atoms with Gasteiger partial charge in [-0.25, -0.2) is 0 Å². The molecule has 0 aliphatic heterocycles. The summed E-state index contributed by atoms with van der Waals surface area (Å²) in [5, 5.41) is 10.7. The monoisotopic (exact) mass is 394 g/mol. The van der Waals surface area contributed by atoms with Gasteiger partial charge in [0.2, 0.25) is 0 Å². The molecule has 2 aromatic rings. The van der Waals surface area contributed by atoms with E-state index in [2.05, 4.69) is 5.92 Å². The molecule has 0 aromatic heterocycles. The van der Waals surface area contributed by atoms with Crippen molar-refractivity contribution in [3.05, 3.63) is 71.8 Å². The zero-order valence-electron chi connectivity index (χ0n) is 16.4. The molecule has 0 spiro atoms. The van der Waals surface area contributed by atoms with Crippen LogP contribution in [-0.4, -0.2) is 22.6 Å². The second kappa shape index (κ2) is 11.7. The first-order valence-corrected chi connectivity index (χ1v) is 9.56. The Morgan fingerprint density at radius 3 is 1.93 bits per heavy atom. The topological polar surface area (TPSA) is 72.8 Å². The summed E-state index contributed by atoms with van der Waals surface area (Å²) in [6.07, 6.45) is 5.84. The number of terminal acetylenes is 1. The standard InChI is InChI=1S/C24H26O5/c1-2-15-24(27,17-23(26)29-19-21-12-7-4-8-13-21)16-9-14-22(25)28-18-20-10-5-3-6-11-20/h1,3-8,10-13,27H,9,14-19H2. The number of benzene rings is 2. The third-order valence-corrected chi connectivity index (χ3v) is 4.41. The number of carbonyl (C=O) groups excluding carboxylic acids is 2. The molecule has 0 saturated carbocycles. The van der Waals surface area contributed by atoms with E-state index in [-0.39, 0.29) is 44.9 Å². The number of esters is 2. The predicted octanol–water partition coefficient (Wildman–Crippen LogP) is 3.79. The molecular weight excluding hydrogens is 368 g/mol. The molecule has 0 saturated heterocycles. The van der Waals surface area contributed by atoms with Crippen molar-refractivity contribution < 1.29 is 24.2 Å². The average molecular weight is 394 g/mol. The maximum absolute atomic E-state index is 12.1. The average Bonchev–Trinajstić information content (AvgIpc) is 2.72. The van der Waals surface area contributed by atoms with Gasteiger partial charge in [-0.3, -0.25) is 9.59 Å². The smallest absolute Gasteiger partial charge is 0.309 e. The van der Waals surface area contributed by atoms with E-state index in [9.17, 15) is 14.7 Å². The summed E-state index contributed by atoms with van der Waals surface area (Å²) in [5.74, 6) is 1.51. The maximum atomic E-state index is 12.1. The molecule has 0 bridgehead atoms. The lowest BCUT2D eigenvalue weighted by Crippen LogP contribution is -2.32. The second-order valence-electron chi connectivity index (χ2n) is 6.93. The van der Waals surface area contributed by atoms with E-state index in [0.717, 1.165) is 11.1 Å². The van der Waals surface area contributed by atoms with Gasteiger partial charge in [0.25, 0.3) is 0 Å². The normalized spacial score (nSPS) is 12.4. The van der Waals surface area contributed by atoms with E-state index in [1.54, 1.807) is 0 Å². The van der Waals surface area contributed by atoms with Crippen molar-refractivity contribution >= 4 is 11.9 Å². The molecule has 0 amide bonds. The number of rotatable bonds is 11. The number of hydrogen-bond donors (Lipinski definition) is 1. The Morgan fingerprint density at radius 2 is 1.41 bits per heavy atom. The highest BCUT2D eigenvalue weighted by atomic mass is 16.5. The van der Waals surface area contributed by atoms with Crippen LogP contribution in [0.25, 0.3) is 0 Å². The first-order valence-electron chi connectivity index (χ1n) is 9.56. The number of carbonyl (C=O) groups is 2. The van der Waals surface area contributed by atoms with Gasteiger partial charge in [-0.2, -0.15) is 0 Å². The van der Waals surface area contributed by atoms with Gasteiger partial charge >= 0.3 is 11.9 Å². The summed E-state index contributed by atoms with van der Waals surface area (Å²) in [5.41, 5.74) is 0.371. The maximum Gasteiger partial charge on any atom is 0.309 e. The van der Waals surface area contributed by atoms with Crippen LogP contribution < -0.4 is 0 Å². The Kier molecular flexibility index (Phi) is 8.94. The molecule has 1 N–H and O–H groups in total. The van der Waals surface area contributed by atoms with Gasteiger partial charge in [-0.05, 0) is 24.0 Å². The molecule has 152 valence electrons. The van der Waals surface area contributed by atoms with E-state index in [4.69, 9.17) is 15.9 Å². The highest BCUT2D eigenvalue weighted by Crippen LogP contribution is 2.23. The minimum absolute atomic E-state index is 0.00645. The van der Waals surface area contributed by atoms with Crippen LogP contribution in [-0.2, 0) is 32.3 Å². The lowest BCUT2D eigenvalue weighted by atomic mass is 9.90. The quantitative estimate of drug-likeness (QED) is 0.464. The third kappa shape index (κ3) is 8.63. The summed E-state index contributed by atoms with van der Waals surface area (Å²) in [4.78, 5) is 24.0. The van der Waals surface area contributed by atoms with Gasteiger partial charge in [0.05, 0.1) is 12.0 Å². The van der Waals surface area contributed by atoms with Crippen LogP contribution in [0.5, 0.6) is 0 Å². The second-order valence-corrected chi connectivity index (χ2v) is 6.93. The van der Waals surface area contributed by atoms with Crippen LogP contribution in [0.15, 0.2) is 60.7 Å². The van der Waals surface area contributed by atoms with Crippen molar-refractivity contribution in [3.63, 3.8) is 0 Å². The fraction of sp³-hybridized carbons (Fsp3) is 0.333. The fourth-order valence-corrected chi connectivity index (χ4v) is 2.86. The largest absolute Gasteiger partial charge is 0.461 e. The summed E-state index contributed by atoms with van der Waals surface area (Å²) in [7, 11) is 0. The fourth-order valence-electron chi connectivity index (χ4n) is 2.86. The Labute approximate surface area is 171 Å². The highest BCUT2D eigenvalue weighted by Gasteiger charge is 2.30. The number of ether oxygens (including phenoxy) is 2. The van der Waals surface area contributed by atoms with Gasteiger partial charge in [0.1, 0.15) is 13.2 Å². The lowest BCUT2D eigenvalue weighted by molar-refractivity contribution is -0.150. The Morgan fingerprint density at radius 1 is 0.897 bits per heavy atom. The van der Waals surface area contributed by atoms with Crippen molar-refractivity contribution in [1.29, 1.82) is 0 Å². The van der Waals surface area contributed by atoms with Crippen molar-refractivity contribution in [1.82, 2.24) is 0 Å². The van der Waals surface area contributed by atoms with E-state index in [1.807, 2.05) is 60.7 Å². The molecule has 1 atom stereocenters. The van der Waals surface area contributed by atoms with Crippen molar-refractivity contribution in [3.8, 4) is 12.3 Å². The molecule has 5 nitrogen and oxygen atoms in total. The highest BCUT2D eigenvalue weighted by molar-refractivity contribution is 5.71. The summed E-state index contributed by atoms with van der Waals surface area (Å²) in [6, 6.07) is 18.7. The van der Waals surface area contributed by atoms with E-state index < -0.39 is 11.6 Å². The Balaban J connectivity index is 1.74. The van der Waals surface area contributed by atoms with Crippen molar-refractivity contribution in [2.24, 2.45) is 0 Å². The molecule has 0 fully saturated rings. The van der Waals surface area contributed by atoms with Gasteiger partial charge < -0.3 is 14.6 Å². The zero-order chi connectivity index (χ0) is 21.0. The number of hydrogen-bond acceptors (Lipinski definition) is 5. The summed E-state index contributed by atoms with van der Waals surface area (Å²) >= 11 is 0. The molecule has 29 heavy (non-hydrogen) atoms. The van der Waals surface area contributed by atoms with Crippen LogP contribution in [0.2, 0.25) is 0 Å². The third-order valence-electron chi connectivity index (χ3n) is 4.41.